The van der Waals surface area contributed by atoms with Crippen molar-refractivity contribution < 1.29 is 32.7 Å². The Hall–Kier alpha value is 0.244. The van der Waals surface area contributed by atoms with Gasteiger partial charge in [-0.2, -0.15) is 6.42 Å². The molecule has 90 valence electrons. The summed E-state index contributed by atoms with van der Waals surface area (Å²) in [6, 6.07) is 10.6. The van der Waals surface area contributed by atoms with Crippen LogP contribution < -0.4 is 5.73 Å². The normalized spacial score (nSPS) is 10.3. The van der Waals surface area contributed by atoms with Crippen molar-refractivity contribution in [1.82, 2.24) is 4.90 Å². The van der Waals surface area contributed by atoms with Gasteiger partial charge in [0.1, 0.15) is 0 Å². The molecule has 0 bridgehead atoms. The molecular weight excluding hydrogens is 285 g/mol. The second-order valence-electron chi connectivity index (χ2n) is 4.11. The first-order valence-corrected chi connectivity index (χ1v) is 6.12. The number of hydrogen-bond acceptors (Lipinski definition) is 2. The van der Waals surface area contributed by atoms with E-state index in [1.165, 1.54) is 5.56 Å². The fraction of sp³-hybridized carbons (Fsp3) is 0.500. The fourth-order valence-corrected chi connectivity index (χ4v) is 1.76. The van der Waals surface area contributed by atoms with E-state index < -0.39 is 0 Å². The summed E-state index contributed by atoms with van der Waals surface area (Å²) in [5.41, 5.74) is 6.94. The number of unbranched alkanes of at least 4 members (excludes halogenated alkanes) is 1. The maximum Gasteiger partial charge on any atom is 3.00 e. The third-order valence-electron chi connectivity index (χ3n) is 2.65. The van der Waals surface area contributed by atoms with Crippen LogP contribution in [0.25, 0.3) is 0 Å². The van der Waals surface area contributed by atoms with E-state index in [1.54, 1.807) is 0 Å². The molecule has 2 N–H and O–H groups in total. The molecule has 1 rings (SSSR count). The van der Waals surface area contributed by atoms with Crippen LogP contribution in [0.5, 0.6) is 0 Å². The monoisotopic (exact) mass is 308 g/mol. The largest absolute Gasteiger partial charge is 3.00 e. The van der Waals surface area contributed by atoms with Gasteiger partial charge in [0, 0.05) is 6.54 Å². The number of nitrogens with two attached hydrogens (primary N) is 1. The van der Waals surface area contributed by atoms with Gasteiger partial charge in [-0.15, -0.1) is 0 Å². The molecule has 0 unspecified atom stereocenters. The van der Waals surface area contributed by atoms with Crippen molar-refractivity contribution in [2.75, 3.05) is 19.6 Å². The van der Waals surface area contributed by atoms with Crippen LogP contribution in [0.1, 0.15) is 24.8 Å². The first-order valence-electron chi connectivity index (χ1n) is 6.12. The molecule has 0 heterocycles. The van der Waals surface area contributed by atoms with Crippen molar-refractivity contribution >= 4 is 0 Å². The van der Waals surface area contributed by atoms with Crippen LogP contribution in [-0.4, -0.2) is 24.5 Å². The minimum atomic E-state index is 0. The molecule has 0 atom stereocenters. The van der Waals surface area contributed by atoms with Gasteiger partial charge in [0.15, 0.2) is 0 Å². The molecule has 0 aliphatic rings. The Morgan fingerprint density at radius 1 is 1.06 bits per heavy atom. The molecule has 0 spiro atoms. The van der Waals surface area contributed by atoms with Crippen LogP contribution in [0.3, 0.4) is 0 Å². The van der Waals surface area contributed by atoms with Gasteiger partial charge >= 0.3 is 32.7 Å². The standard InChI is InChI=1S/C14H23N2.Y/c1-2-3-11-16(12-7-10-15)13-14-8-5-4-6-9-14;/h4-6,8-9H,1-3,7,10-13,15H2;/q-1;+3. The smallest absolute Gasteiger partial charge is 0.343 e. The maximum absolute atomic E-state index is 5.56. The van der Waals surface area contributed by atoms with Crippen molar-refractivity contribution in [2.24, 2.45) is 5.73 Å². The van der Waals surface area contributed by atoms with E-state index in [1.807, 2.05) is 0 Å². The Morgan fingerprint density at radius 2 is 1.71 bits per heavy atom. The van der Waals surface area contributed by atoms with E-state index in [9.17, 15) is 0 Å². The molecule has 0 aromatic heterocycles. The van der Waals surface area contributed by atoms with Crippen LogP contribution in [0.15, 0.2) is 30.3 Å². The molecule has 3 heteroatoms. The van der Waals surface area contributed by atoms with Crippen molar-refractivity contribution in [3.05, 3.63) is 42.8 Å². The van der Waals surface area contributed by atoms with E-state index in [-0.39, 0.29) is 32.7 Å². The fourth-order valence-electron chi connectivity index (χ4n) is 1.76. The van der Waals surface area contributed by atoms with Crippen LogP contribution >= 0.6 is 0 Å². The number of hydrogen-bond donors (Lipinski definition) is 1. The second kappa shape index (κ2) is 11.3. The molecule has 0 aliphatic carbocycles. The van der Waals surface area contributed by atoms with Gasteiger partial charge in [0.2, 0.25) is 0 Å². The van der Waals surface area contributed by atoms with Crippen molar-refractivity contribution in [1.29, 1.82) is 0 Å². The minimum Gasteiger partial charge on any atom is -0.343 e. The summed E-state index contributed by atoms with van der Waals surface area (Å²) < 4.78 is 0. The molecule has 0 aliphatic heterocycles. The van der Waals surface area contributed by atoms with Crippen LogP contribution in [0, 0.1) is 6.92 Å². The number of nitrogens with zero attached hydrogens (tertiary/aromatic N) is 1. The predicted octanol–water partition coefficient (Wildman–Crippen LogP) is 2.45. The average Bonchev–Trinajstić information content (AvgIpc) is 2.34. The van der Waals surface area contributed by atoms with Gasteiger partial charge in [-0.25, -0.2) is 0 Å². The molecule has 1 aromatic carbocycles. The van der Waals surface area contributed by atoms with Gasteiger partial charge in [-0.3, -0.25) is 4.90 Å². The zero-order chi connectivity index (χ0) is 11.6. The quantitative estimate of drug-likeness (QED) is 0.748. The molecule has 1 aromatic rings. The van der Waals surface area contributed by atoms with E-state index in [2.05, 4.69) is 42.2 Å². The SMILES string of the molecule is [CH2-]CCCN(CCCN)Cc1ccccc1.[Y+3]. The zero-order valence-electron chi connectivity index (χ0n) is 10.6. The van der Waals surface area contributed by atoms with Crippen LogP contribution in [0.4, 0.5) is 0 Å². The Balaban J connectivity index is 0.00000256. The van der Waals surface area contributed by atoms with E-state index in [0.29, 0.717) is 0 Å². The minimum absolute atomic E-state index is 0. The Labute approximate surface area is 131 Å². The van der Waals surface area contributed by atoms with Gasteiger partial charge in [-0.05, 0) is 31.6 Å². The van der Waals surface area contributed by atoms with Crippen molar-refractivity contribution in [3.8, 4) is 0 Å². The molecule has 17 heavy (non-hydrogen) atoms. The van der Waals surface area contributed by atoms with E-state index >= 15 is 0 Å². The summed E-state index contributed by atoms with van der Waals surface area (Å²) >= 11 is 0. The first kappa shape index (κ1) is 17.2. The molecule has 0 amide bonds. The Bertz CT molecular complexity index is 256. The van der Waals surface area contributed by atoms with Gasteiger partial charge < -0.3 is 12.7 Å². The number of rotatable bonds is 8. The van der Waals surface area contributed by atoms with E-state index in [4.69, 9.17) is 5.73 Å². The summed E-state index contributed by atoms with van der Waals surface area (Å²) in [6.07, 6.45) is 3.25. The third-order valence-corrected chi connectivity index (χ3v) is 2.65. The van der Waals surface area contributed by atoms with Crippen LogP contribution in [0.2, 0.25) is 0 Å². The summed E-state index contributed by atoms with van der Waals surface area (Å²) in [5.74, 6) is 0. The zero-order valence-corrected chi connectivity index (χ0v) is 13.5. The van der Waals surface area contributed by atoms with Gasteiger partial charge in [0.05, 0.1) is 0 Å². The number of benzene rings is 1. The maximum atomic E-state index is 5.56. The summed E-state index contributed by atoms with van der Waals surface area (Å²) in [6.45, 7) is 7.91. The van der Waals surface area contributed by atoms with Crippen molar-refractivity contribution in [3.63, 3.8) is 0 Å². The second-order valence-corrected chi connectivity index (χ2v) is 4.11. The van der Waals surface area contributed by atoms with E-state index in [0.717, 1.165) is 45.4 Å². The summed E-state index contributed by atoms with van der Waals surface area (Å²) in [7, 11) is 0. The summed E-state index contributed by atoms with van der Waals surface area (Å²) in [5, 5.41) is 0. The molecular formula is C14H23N2Y+2. The molecule has 2 nitrogen and oxygen atoms in total. The van der Waals surface area contributed by atoms with Crippen molar-refractivity contribution in [2.45, 2.75) is 25.8 Å². The van der Waals surface area contributed by atoms with Gasteiger partial charge in [-0.1, -0.05) is 36.8 Å². The Morgan fingerprint density at radius 3 is 2.29 bits per heavy atom. The first-order chi connectivity index (χ1) is 7.86. The Kier molecular flexibility index (Phi) is 11.5. The van der Waals surface area contributed by atoms with Crippen LogP contribution in [-0.2, 0) is 39.3 Å². The molecule has 0 radical (unpaired) electrons. The summed E-state index contributed by atoms with van der Waals surface area (Å²) in [4.78, 5) is 2.47. The molecule has 0 fully saturated rings. The molecule has 0 saturated heterocycles. The predicted molar refractivity (Wildman–Crippen MR) is 70.0 cm³/mol. The average molecular weight is 308 g/mol. The van der Waals surface area contributed by atoms with Gasteiger partial charge in [0.25, 0.3) is 0 Å². The third kappa shape index (κ3) is 8.04. The molecule has 0 saturated carbocycles. The topological polar surface area (TPSA) is 29.3 Å².